The predicted molar refractivity (Wildman–Crippen MR) is 120 cm³/mol. The van der Waals surface area contributed by atoms with Crippen LogP contribution in [0.5, 0.6) is 0 Å². The molecular weight excluding hydrogens is 392 g/mol. The van der Waals surface area contributed by atoms with Gasteiger partial charge in [-0.25, -0.2) is 15.0 Å². The van der Waals surface area contributed by atoms with Crippen LogP contribution in [0, 0.1) is 20.8 Å². The zero-order valence-corrected chi connectivity index (χ0v) is 17.9. The molecule has 1 aliphatic carbocycles. The minimum absolute atomic E-state index is 0.270. The van der Waals surface area contributed by atoms with E-state index in [9.17, 15) is 0 Å². The minimum atomic E-state index is 0.270. The van der Waals surface area contributed by atoms with Gasteiger partial charge >= 0.3 is 0 Å². The van der Waals surface area contributed by atoms with E-state index in [1.807, 2.05) is 45.0 Å². The Morgan fingerprint density at radius 1 is 1.07 bits per heavy atom. The third-order valence-corrected chi connectivity index (χ3v) is 4.97. The van der Waals surface area contributed by atoms with Crippen LogP contribution in [-0.2, 0) is 0 Å². The van der Waals surface area contributed by atoms with Gasteiger partial charge in [0.25, 0.3) is 0 Å². The Labute approximate surface area is 176 Å². The summed E-state index contributed by atoms with van der Waals surface area (Å²) >= 11 is 11.8. The van der Waals surface area contributed by atoms with Crippen molar-refractivity contribution in [2.45, 2.75) is 52.5 Å². The van der Waals surface area contributed by atoms with Crippen molar-refractivity contribution in [1.82, 2.24) is 15.3 Å². The maximum atomic E-state index is 6.30. The monoisotopic (exact) mass is 416 g/mol. The Kier molecular flexibility index (Phi) is 6.80. The molecule has 0 amide bonds. The molecule has 3 rings (SSSR count). The predicted octanol–water partition coefficient (Wildman–Crippen LogP) is 4.75. The van der Waals surface area contributed by atoms with Crippen LogP contribution in [0.15, 0.2) is 29.3 Å². The summed E-state index contributed by atoms with van der Waals surface area (Å²) in [6, 6.07) is 7.97. The van der Waals surface area contributed by atoms with Gasteiger partial charge in [0, 0.05) is 11.4 Å². The summed E-state index contributed by atoms with van der Waals surface area (Å²) in [6.07, 6.45) is 4.54. The first-order chi connectivity index (χ1) is 13.4. The summed E-state index contributed by atoms with van der Waals surface area (Å²) < 4.78 is 0. The molecule has 1 fully saturated rings. The number of aryl methyl sites for hydroxylation is 3. The minimum Gasteiger partial charge on any atom is -0.331 e. The standard InChI is InChI=1S/C20H25ClN6S/c1-12-8-9-17(16(21)10-12)25-20(28)27-19(24-15-6-4-5-7-15)26-18-22-13(2)11-14(3)23-18/h8-11,15H,4-7H2,1-3H3,(H3,22,23,24,25,26,27,28). The van der Waals surface area contributed by atoms with E-state index in [0.29, 0.717) is 22.0 Å². The van der Waals surface area contributed by atoms with E-state index in [1.54, 1.807) is 0 Å². The number of thiocarbonyl (C=S) groups is 1. The third-order valence-electron chi connectivity index (χ3n) is 4.45. The number of aromatic nitrogens is 2. The second-order valence-electron chi connectivity index (χ2n) is 7.08. The van der Waals surface area contributed by atoms with E-state index in [1.165, 1.54) is 12.8 Å². The molecule has 0 spiro atoms. The summed E-state index contributed by atoms with van der Waals surface area (Å²) in [7, 11) is 0. The zero-order valence-electron chi connectivity index (χ0n) is 16.3. The van der Waals surface area contributed by atoms with Crippen molar-refractivity contribution in [3.63, 3.8) is 0 Å². The van der Waals surface area contributed by atoms with E-state index in [-0.39, 0.29) is 6.04 Å². The summed E-state index contributed by atoms with van der Waals surface area (Å²) in [5, 5.41) is 10.5. The number of rotatable bonds is 3. The molecule has 0 saturated heterocycles. The normalized spacial score (nSPS) is 14.8. The molecule has 1 aromatic carbocycles. The molecule has 0 unspecified atom stereocenters. The maximum absolute atomic E-state index is 6.30. The maximum Gasteiger partial charge on any atom is 0.229 e. The van der Waals surface area contributed by atoms with Gasteiger partial charge in [0.2, 0.25) is 11.9 Å². The lowest BCUT2D eigenvalue weighted by Crippen LogP contribution is -2.40. The van der Waals surface area contributed by atoms with Gasteiger partial charge in [0.1, 0.15) is 0 Å². The number of guanidine groups is 1. The van der Waals surface area contributed by atoms with Crippen molar-refractivity contribution in [2.75, 3.05) is 10.6 Å². The molecule has 0 aliphatic heterocycles. The molecule has 8 heteroatoms. The van der Waals surface area contributed by atoms with Crippen LogP contribution in [-0.4, -0.2) is 27.1 Å². The summed E-state index contributed by atoms with van der Waals surface area (Å²) in [6.45, 7) is 5.87. The van der Waals surface area contributed by atoms with Gasteiger partial charge in [-0.1, -0.05) is 30.5 Å². The van der Waals surface area contributed by atoms with Gasteiger partial charge in [-0.2, -0.15) is 0 Å². The molecule has 0 bridgehead atoms. The number of aliphatic imine (C=N–C) groups is 1. The fourth-order valence-electron chi connectivity index (χ4n) is 3.18. The Morgan fingerprint density at radius 2 is 1.75 bits per heavy atom. The molecule has 2 aromatic rings. The van der Waals surface area contributed by atoms with Crippen molar-refractivity contribution < 1.29 is 0 Å². The second-order valence-corrected chi connectivity index (χ2v) is 7.89. The van der Waals surface area contributed by atoms with Crippen LogP contribution in [0.4, 0.5) is 11.6 Å². The van der Waals surface area contributed by atoms with Crippen molar-refractivity contribution in [1.29, 1.82) is 0 Å². The molecule has 1 aromatic heterocycles. The van der Waals surface area contributed by atoms with Gasteiger partial charge < -0.3 is 10.6 Å². The van der Waals surface area contributed by atoms with Gasteiger partial charge in [0.15, 0.2) is 5.11 Å². The first kappa shape index (κ1) is 20.5. The lowest BCUT2D eigenvalue weighted by Gasteiger charge is -2.16. The van der Waals surface area contributed by atoms with Crippen LogP contribution < -0.4 is 16.0 Å². The number of halogens is 1. The van der Waals surface area contributed by atoms with E-state index in [4.69, 9.17) is 28.8 Å². The van der Waals surface area contributed by atoms with Crippen molar-refractivity contribution >= 4 is 46.5 Å². The van der Waals surface area contributed by atoms with Crippen LogP contribution in [0.2, 0.25) is 5.02 Å². The number of anilines is 2. The summed E-state index contributed by atoms with van der Waals surface area (Å²) in [5.41, 5.74) is 3.61. The van der Waals surface area contributed by atoms with E-state index in [0.717, 1.165) is 35.5 Å². The van der Waals surface area contributed by atoms with Gasteiger partial charge in [-0.15, -0.1) is 0 Å². The lowest BCUT2D eigenvalue weighted by molar-refractivity contribution is 0.703. The Balaban J connectivity index is 1.75. The number of benzene rings is 1. The first-order valence-electron chi connectivity index (χ1n) is 9.40. The van der Waals surface area contributed by atoms with Crippen LogP contribution in [0.3, 0.4) is 0 Å². The summed E-state index contributed by atoms with van der Waals surface area (Å²) in [5.74, 6) is 1.04. The zero-order chi connectivity index (χ0) is 20.1. The molecule has 6 nitrogen and oxygen atoms in total. The molecule has 148 valence electrons. The van der Waals surface area contributed by atoms with Crippen molar-refractivity contribution in [2.24, 2.45) is 4.99 Å². The van der Waals surface area contributed by atoms with E-state index >= 15 is 0 Å². The molecule has 28 heavy (non-hydrogen) atoms. The smallest absolute Gasteiger partial charge is 0.229 e. The second kappa shape index (κ2) is 9.30. The average Bonchev–Trinajstić information content (AvgIpc) is 3.09. The molecule has 0 radical (unpaired) electrons. The SMILES string of the molecule is Cc1ccc(NC(=S)NC(=NC2CCCC2)Nc2nc(C)cc(C)n2)c(Cl)c1. The largest absolute Gasteiger partial charge is 0.331 e. The third kappa shape index (κ3) is 5.87. The highest BCUT2D eigenvalue weighted by molar-refractivity contribution is 7.80. The molecule has 0 atom stereocenters. The molecule has 1 aliphatic rings. The van der Waals surface area contributed by atoms with Gasteiger partial charge in [0.05, 0.1) is 16.8 Å². The molecular formula is C20H25ClN6S. The number of nitrogens with zero attached hydrogens (tertiary/aromatic N) is 3. The fourth-order valence-corrected chi connectivity index (χ4v) is 3.67. The number of hydrogen-bond donors (Lipinski definition) is 3. The Hall–Kier alpha value is -2.25. The van der Waals surface area contributed by atoms with Crippen molar-refractivity contribution in [3.8, 4) is 0 Å². The molecule has 1 saturated carbocycles. The summed E-state index contributed by atoms with van der Waals surface area (Å²) in [4.78, 5) is 13.7. The van der Waals surface area contributed by atoms with E-state index in [2.05, 4.69) is 25.9 Å². The Bertz CT molecular complexity index is 872. The lowest BCUT2D eigenvalue weighted by atomic mass is 10.2. The van der Waals surface area contributed by atoms with Gasteiger partial charge in [-0.3, -0.25) is 5.32 Å². The van der Waals surface area contributed by atoms with Crippen molar-refractivity contribution in [3.05, 3.63) is 46.2 Å². The highest BCUT2D eigenvalue weighted by atomic mass is 35.5. The highest BCUT2D eigenvalue weighted by Gasteiger charge is 2.16. The molecule has 3 N–H and O–H groups in total. The fraction of sp³-hybridized carbons (Fsp3) is 0.400. The Morgan fingerprint density at radius 3 is 2.39 bits per heavy atom. The van der Waals surface area contributed by atoms with Gasteiger partial charge in [-0.05, 0) is 69.6 Å². The highest BCUT2D eigenvalue weighted by Crippen LogP contribution is 2.23. The first-order valence-corrected chi connectivity index (χ1v) is 10.2. The van der Waals surface area contributed by atoms with E-state index < -0.39 is 0 Å². The topological polar surface area (TPSA) is 74.2 Å². The quantitative estimate of drug-likeness (QED) is 0.381. The number of hydrogen-bond acceptors (Lipinski definition) is 4. The number of nitrogens with one attached hydrogen (secondary N) is 3. The van der Waals surface area contributed by atoms with Crippen LogP contribution in [0.25, 0.3) is 0 Å². The molecule has 1 heterocycles. The van der Waals surface area contributed by atoms with Crippen LogP contribution in [0.1, 0.15) is 42.6 Å². The van der Waals surface area contributed by atoms with Crippen LogP contribution >= 0.6 is 23.8 Å². The average molecular weight is 417 g/mol.